The van der Waals surface area contributed by atoms with Gasteiger partial charge in [0, 0.05) is 0 Å². The minimum absolute atomic E-state index is 0.0740. The van der Waals surface area contributed by atoms with Crippen molar-refractivity contribution in [1.82, 2.24) is 0 Å². The fourth-order valence-electron chi connectivity index (χ4n) is 1.56. The number of aliphatic hydroxyl groups excluding tert-OH is 1. The van der Waals surface area contributed by atoms with Gasteiger partial charge < -0.3 is 9.84 Å². The lowest BCUT2D eigenvalue weighted by Crippen LogP contribution is -2.53. The number of carbonyl (C=O) groups is 1. The lowest BCUT2D eigenvalue weighted by atomic mass is 10.4. The predicted octanol–water partition coefficient (Wildman–Crippen LogP) is 1.07. The van der Waals surface area contributed by atoms with E-state index in [0.29, 0.717) is 0 Å². The number of carbonyl (C=O) groups excluding carboxylic acids is 1. The first-order valence-electron chi connectivity index (χ1n) is 5.29. The van der Waals surface area contributed by atoms with Crippen LogP contribution in [0.25, 0.3) is 0 Å². The summed E-state index contributed by atoms with van der Waals surface area (Å²) in [6.45, 7) is 4.10. The fourth-order valence-corrected chi connectivity index (χ4v) is 3.67. The van der Waals surface area contributed by atoms with E-state index in [0.717, 1.165) is 5.19 Å². The molecule has 0 fully saturated rings. The molecule has 0 aliphatic rings. The fraction of sp³-hybridized carbons (Fsp3) is 0.417. The minimum atomic E-state index is -2.01. The maximum Gasteiger partial charge on any atom is 0.307 e. The molecular formula is C12H18O3Si. The molecule has 1 aromatic rings. The summed E-state index contributed by atoms with van der Waals surface area (Å²) in [5, 5.41) is 11.2. The van der Waals surface area contributed by atoms with E-state index >= 15 is 0 Å². The molecule has 0 bridgehead atoms. The molecule has 1 unspecified atom stereocenters. The Morgan fingerprint density at radius 3 is 2.44 bits per heavy atom. The highest BCUT2D eigenvalue weighted by Crippen LogP contribution is 2.12. The molecule has 1 aromatic carbocycles. The molecule has 0 saturated heterocycles. The summed E-state index contributed by atoms with van der Waals surface area (Å²) in [6, 6.07) is 9.87. The number of aliphatic hydroxyl groups is 1. The predicted molar refractivity (Wildman–Crippen MR) is 66.2 cm³/mol. The highest BCUT2D eigenvalue weighted by molar-refractivity contribution is 6.90. The van der Waals surface area contributed by atoms with Gasteiger partial charge in [0.15, 0.2) is 0 Å². The van der Waals surface area contributed by atoms with Crippen molar-refractivity contribution in [2.75, 3.05) is 7.11 Å². The first kappa shape index (κ1) is 12.9. The molecule has 16 heavy (non-hydrogen) atoms. The van der Waals surface area contributed by atoms with Gasteiger partial charge in [-0.3, -0.25) is 4.79 Å². The van der Waals surface area contributed by atoms with Crippen molar-refractivity contribution in [2.45, 2.75) is 25.2 Å². The van der Waals surface area contributed by atoms with Gasteiger partial charge in [0.2, 0.25) is 0 Å². The van der Waals surface area contributed by atoms with Crippen LogP contribution in [0, 0.1) is 0 Å². The van der Waals surface area contributed by atoms with Crippen molar-refractivity contribution in [1.29, 1.82) is 0 Å². The van der Waals surface area contributed by atoms with Crippen LogP contribution in [0.4, 0.5) is 0 Å². The van der Waals surface area contributed by atoms with Crippen LogP contribution < -0.4 is 5.19 Å². The van der Waals surface area contributed by atoms with Crippen LogP contribution >= 0.6 is 0 Å². The number of hydrogen-bond donors (Lipinski definition) is 1. The van der Waals surface area contributed by atoms with Gasteiger partial charge in [-0.25, -0.2) is 0 Å². The second-order valence-corrected chi connectivity index (χ2v) is 9.07. The van der Waals surface area contributed by atoms with Crippen LogP contribution in [0.2, 0.25) is 13.1 Å². The molecule has 0 aliphatic heterocycles. The van der Waals surface area contributed by atoms with E-state index in [-0.39, 0.29) is 12.4 Å². The molecule has 1 rings (SSSR count). The van der Waals surface area contributed by atoms with Crippen LogP contribution in [0.15, 0.2) is 30.3 Å². The van der Waals surface area contributed by atoms with E-state index in [2.05, 4.69) is 17.8 Å². The quantitative estimate of drug-likeness (QED) is 0.630. The molecule has 0 saturated carbocycles. The molecule has 0 spiro atoms. The maximum atomic E-state index is 11.1. The van der Waals surface area contributed by atoms with Gasteiger partial charge in [-0.1, -0.05) is 48.6 Å². The zero-order valence-corrected chi connectivity index (χ0v) is 10.9. The average Bonchev–Trinajstić information content (AvgIpc) is 2.29. The highest BCUT2D eigenvalue weighted by Gasteiger charge is 2.33. The van der Waals surface area contributed by atoms with Gasteiger partial charge in [0.1, 0.15) is 8.07 Å². The van der Waals surface area contributed by atoms with E-state index in [1.54, 1.807) is 0 Å². The Kier molecular flexibility index (Phi) is 4.26. The molecule has 1 atom stereocenters. The number of benzene rings is 1. The van der Waals surface area contributed by atoms with Crippen LogP contribution in [-0.2, 0) is 9.53 Å². The summed E-state index contributed by atoms with van der Waals surface area (Å²) >= 11 is 0. The van der Waals surface area contributed by atoms with Gasteiger partial charge in [0.05, 0.1) is 19.3 Å². The summed E-state index contributed by atoms with van der Waals surface area (Å²) in [6.07, 6.45) is 0.0740. The lowest BCUT2D eigenvalue weighted by Gasteiger charge is -2.28. The summed E-state index contributed by atoms with van der Waals surface area (Å²) in [7, 11) is -0.668. The molecule has 88 valence electrons. The zero-order chi connectivity index (χ0) is 12.2. The summed E-state index contributed by atoms with van der Waals surface area (Å²) in [5.41, 5.74) is -0.609. The third-order valence-electron chi connectivity index (χ3n) is 2.94. The molecule has 3 nitrogen and oxygen atoms in total. The summed E-state index contributed by atoms with van der Waals surface area (Å²) < 4.78 is 4.58. The van der Waals surface area contributed by atoms with E-state index in [1.165, 1.54) is 7.11 Å². The number of rotatable bonds is 4. The molecule has 0 heterocycles. The number of esters is 1. The van der Waals surface area contributed by atoms with Gasteiger partial charge >= 0.3 is 5.97 Å². The van der Waals surface area contributed by atoms with Gasteiger partial charge in [-0.2, -0.15) is 0 Å². The van der Waals surface area contributed by atoms with E-state index < -0.39 is 13.8 Å². The molecule has 0 amide bonds. The molecule has 0 aromatic heterocycles. The third-order valence-corrected chi connectivity index (χ3v) is 6.63. The Morgan fingerprint density at radius 1 is 1.38 bits per heavy atom. The van der Waals surface area contributed by atoms with E-state index in [9.17, 15) is 9.90 Å². The van der Waals surface area contributed by atoms with Crippen LogP contribution in [-0.4, -0.2) is 32.0 Å². The Bertz CT molecular complexity index is 349. The highest BCUT2D eigenvalue weighted by atomic mass is 28.3. The Hall–Kier alpha value is -1.13. The molecule has 0 radical (unpaired) electrons. The second kappa shape index (κ2) is 5.27. The lowest BCUT2D eigenvalue weighted by molar-refractivity contribution is -0.141. The van der Waals surface area contributed by atoms with Gasteiger partial charge in [0.25, 0.3) is 0 Å². The molecule has 1 N–H and O–H groups in total. The molecule has 4 heteroatoms. The third kappa shape index (κ3) is 2.93. The standard InChI is InChI=1S/C12H18O3Si/c1-15-11(13)9-12(14)16(2,3)10-7-5-4-6-8-10/h4-8,12,14H,9H2,1-3H3. The van der Waals surface area contributed by atoms with E-state index in [1.807, 2.05) is 30.3 Å². The first-order chi connectivity index (χ1) is 7.48. The molecule has 0 aliphatic carbocycles. The van der Waals surface area contributed by atoms with E-state index in [4.69, 9.17) is 0 Å². The van der Waals surface area contributed by atoms with Crippen molar-refractivity contribution < 1.29 is 14.6 Å². The van der Waals surface area contributed by atoms with Crippen molar-refractivity contribution in [2.24, 2.45) is 0 Å². The summed E-state index contributed by atoms with van der Waals surface area (Å²) in [4.78, 5) is 11.1. The summed E-state index contributed by atoms with van der Waals surface area (Å²) in [5.74, 6) is -0.357. The minimum Gasteiger partial charge on any atom is -0.469 e. The normalized spacial score (nSPS) is 13.2. The smallest absolute Gasteiger partial charge is 0.307 e. The number of methoxy groups -OCH3 is 1. The topological polar surface area (TPSA) is 46.5 Å². The van der Waals surface area contributed by atoms with Crippen LogP contribution in [0.5, 0.6) is 0 Å². The first-order valence-corrected chi connectivity index (χ1v) is 8.36. The molecular weight excluding hydrogens is 220 g/mol. The van der Waals surface area contributed by atoms with Gasteiger partial charge in [-0.05, 0) is 0 Å². The average molecular weight is 238 g/mol. The second-order valence-electron chi connectivity index (χ2n) is 4.38. The van der Waals surface area contributed by atoms with Crippen LogP contribution in [0.3, 0.4) is 0 Å². The number of hydrogen-bond acceptors (Lipinski definition) is 3. The van der Waals surface area contributed by atoms with Crippen molar-refractivity contribution in [3.63, 3.8) is 0 Å². The number of ether oxygens (including phenoxy) is 1. The SMILES string of the molecule is COC(=O)CC(O)[Si](C)(C)c1ccccc1. The zero-order valence-electron chi connectivity index (χ0n) is 9.93. The largest absolute Gasteiger partial charge is 0.469 e. The van der Waals surface area contributed by atoms with Crippen molar-refractivity contribution >= 4 is 19.2 Å². The Morgan fingerprint density at radius 2 is 1.94 bits per heavy atom. The Balaban J connectivity index is 2.81. The maximum absolute atomic E-state index is 11.1. The van der Waals surface area contributed by atoms with Crippen LogP contribution in [0.1, 0.15) is 6.42 Å². The monoisotopic (exact) mass is 238 g/mol. The van der Waals surface area contributed by atoms with Crippen molar-refractivity contribution in [3.8, 4) is 0 Å². The Labute approximate surface area is 97.1 Å². The van der Waals surface area contributed by atoms with Gasteiger partial charge in [-0.15, -0.1) is 0 Å². The van der Waals surface area contributed by atoms with Crippen molar-refractivity contribution in [3.05, 3.63) is 30.3 Å².